The lowest BCUT2D eigenvalue weighted by atomic mass is 10.1. The Kier molecular flexibility index (Phi) is 3.53. The van der Waals surface area contributed by atoms with Gasteiger partial charge < -0.3 is 16.4 Å². The van der Waals surface area contributed by atoms with Gasteiger partial charge in [0, 0.05) is 28.6 Å². The second kappa shape index (κ2) is 5.59. The number of amides is 1. The van der Waals surface area contributed by atoms with Gasteiger partial charge in [-0.15, -0.1) is 0 Å². The molecule has 1 aliphatic heterocycles. The van der Waals surface area contributed by atoms with Crippen LogP contribution in [0.1, 0.15) is 23.3 Å². The van der Waals surface area contributed by atoms with Crippen LogP contribution < -0.4 is 16.4 Å². The monoisotopic (exact) mass is 341 g/mol. The molecular weight excluding hydrogens is 322 g/mol. The summed E-state index contributed by atoms with van der Waals surface area (Å²) in [4.78, 5) is 23.9. The number of guanidine groups is 1. The molecule has 0 saturated heterocycles. The van der Waals surface area contributed by atoms with E-state index in [-0.39, 0.29) is 17.8 Å². The van der Waals surface area contributed by atoms with Crippen LogP contribution in [-0.2, 0) is 11.2 Å². The normalized spacial score (nSPS) is 16.1. The van der Waals surface area contributed by atoms with Gasteiger partial charge in [0.2, 0.25) is 11.0 Å². The van der Waals surface area contributed by atoms with Crippen molar-refractivity contribution < 1.29 is 4.79 Å². The number of aliphatic imine (C=N–C) groups is 1. The van der Waals surface area contributed by atoms with Crippen molar-refractivity contribution >= 4 is 34.0 Å². The first-order chi connectivity index (χ1) is 11.5. The molecule has 4 N–H and O–H groups in total. The van der Waals surface area contributed by atoms with Gasteiger partial charge in [-0.3, -0.25) is 4.79 Å². The molecule has 2 aliphatic rings. The number of aryl methyl sites for hydroxylation is 1. The molecule has 7 heteroatoms. The predicted octanol–water partition coefficient (Wildman–Crippen LogP) is 2.32. The third kappa shape index (κ3) is 2.65. The van der Waals surface area contributed by atoms with E-state index in [1.165, 1.54) is 16.9 Å². The number of fused-ring (bicyclic) bond motifs is 1. The number of carbonyl (C=O) groups is 1. The van der Waals surface area contributed by atoms with Gasteiger partial charge in [0.25, 0.3) is 0 Å². The SMILES string of the molecule is Cc1sc(N=C(N)N)nc1-c1ccc2c(c1)CCN2C(=O)C1CC1. The maximum atomic E-state index is 12.4. The summed E-state index contributed by atoms with van der Waals surface area (Å²) in [5.41, 5.74) is 15.0. The first-order valence-corrected chi connectivity index (χ1v) is 8.86. The molecular formula is C17H19N5OS. The summed E-state index contributed by atoms with van der Waals surface area (Å²) in [5.74, 6) is 0.540. The minimum absolute atomic E-state index is 0.0125. The quantitative estimate of drug-likeness (QED) is 0.661. The Bertz CT molecular complexity index is 849. The van der Waals surface area contributed by atoms with Crippen LogP contribution in [0.3, 0.4) is 0 Å². The number of hydrogen-bond donors (Lipinski definition) is 2. The molecule has 124 valence electrons. The molecule has 0 atom stereocenters. The van der Waals surface area contributed by atoms with Crippen molar-refractivity contribution in [2.75, 3.05) is 11.4 Å². The van der Waals surface area contributed by atoms with Gasteiger partial charge in [0.15, 0.2) is 5.96 Å². The van der Waals surface area contributed by atoms with Crippen molar-refractivity contribution in [2.45, 2.75) is 26.2 Å². The van der Waals surface area contributed by atoms with E-state index in [0.717, 1.165) is 47.6 Å². The zero-order valence-corrected chi connectivity index (χ0v) is 14.3. The molecule has 0 spiro atoms. The number of nitrogens with two attached hydrogens (primary N) is 2. The zero-order chi connectivity index (χ0) is 16.8. The molecule has 1 fully saturated rings. The highest BCUT2D eigenvalue weighted by Crippen LogP contribution is 2.39. The highest BCUT2D eigenvalue weighted by atomic mass is 32.1. The summed E-state index contributed by atoms with van der Waals surface area (Å²) >= 11 is 1.47. The zero-order valence-electron chi connectivity index (χ0n) is 13.5. The van der Waals surface area contributed by atoms with Crippen molar-refractivity contribution in [3.63, 3.8) is 0 Å². The van der Waals surface area contributed by atoms with E-state index in [9.17, 15) is 4.79 Å². The van der Waals surface area contributed by atoms with Gasteiger partial charge in [-0.1, -0.05) is 17.4 Å². The smallest absolute Gasteiger partial charge is 0.230 e. The molecule has 6 nitrogen and oxygen atoms in total. The number of carbonyl (C=O) groups excluding carboxylic acids is 1. The summed E-state index contributed by atoms with van der Waals surface area (Å²) in [6, 6.07) is 6.20. The largest absolute Gasteiger partial charge is 0.370 e. The first kappa shape index (κ1) is 15.1. The van der Waals surface area contributed by atoms with E-state index in [4.69, 9.17) is 11.5 Å². The van der Waals surface area contributed by atoms with E-state index in [0.29, 0.717) is 5.13 Å². The number of rotatable bonds is 3. The van der Waals surface area contributed by atoms with Crippen molar-refractivity contribution in [1.82, 2.24) is 4.98 Å². The van der Waals surface area contributed by atoms with E-state index in [2.05, 4.69) is 16.0 Å². The molecule has 0 bridgehead atoms. The van der Waals surface area contributed by atoms with Crippen LogP contribution >= 0.6 is 11.3 Å². The van der Waals surface area contributed by atoms with Gasteiger partial charge >= 0.3 is 0 Å². The van der Waals surface area contributed by atoms with Gasteiger partial charge in [0.1, 0.15) is 0 Å². The van der Waals surface area contributed by atoms with Crippen LogP contribution in [0.2, 0.25) is 0 Å². The fraction of sp³-hybridized carbons (Fsp3) is 0.353. The Morgan fingerprint density at radius 3 is 2.88 bits per heavy atom. The van der Waals surface area contributed by atoms with Gasteiger partial charge in [0.05, 0.1) is 5.69 Å². The summed E-state index contributed by atoms with van der Waals surface area (Å²) in [6.45, 7) is 2.79. The summed E-state index contributed by atoms with van der Waals surface area (Å²) in [5, 5.41) is 0.563. The molecule has 0 unspecified atom stereocenters. The lowest BCUT2D eigenvalue weighted by molar-refractivity contribution is -0.119. The highest BCUT2D eigenvalue weighted by Gasteiger charge is 2.36. The molecule has 0 radical (unpaired) electrons. The maximum absolute atomic E-state index is 12.4. The third-order valence-electron chi connectivity index (χ3n) is 4.45. The Labute approximate surface area is 144 Å². The van der Waals surface area contributed by atoms with Crippen LogP contribution in [0.4, 0.5) is 10.8 Å². The lowest BCUT2D eigenvalue weighted by Gasteiger charge is -2.17. The topological polar surface area (TPSA) is 97.6 Å². The third-order valence-corrected chi connectivity index (χ3v) is 5.32. The minimum Gasteiger partial charge on any atom is -0.370 e. The molecule has 2 aromatic rings. The van der Waals surface area contributed by atoms with E-state index >= 15 is 0 Å². The lowest BCUT2D eigenvalue weighted by Crippen LogP contribution is -2.30. The van der Waals surface area contributed by atoms with Crippen molar-refractivity contribution in [3.05, 3.63) is 28.6 Å². The van der Waals surface area contributed by atoms with Crippen molar-refractivity contribution in [3.8, 4) is 11.3 Å². The van der Waals surface area contributed by atoms with E-state index in [1.807, 2.05) is 24.0 Å². The molecule has 1 amide bonds. The van der Waals surface area contributed by atoms with E-state index < -0.39 is 0 Å². The Morgan fingerprint density at radius 2 is 2.17 bits per heavy atom. The van der Waals surface area contributed by atoms with Crippen LogP contribution in [0.15, 0.2) is 23.2 Å². The van der Waals surface area contributed by atoms with Crippen LogP contribution in [0, 0.1) is 12.8 Å². The van der Waals surface area contributed by atoms with Gasteiger partial charge in [-0.05, 0) is 43.9 Å². The molecule has 2 heterocycles. The first-order valence-electron chi connectivity index (χ1n) is 8.04. The van der Waals surface area contributed by atoms with Gasteiger partial charge in [-0.25, -0.2) is 4.98 Å². The van der Waals surface area contributed by atoms with E-state index in [1.54, 1.807) is 0 Å². The Hall–Kier alpha value is -2.41. The summed E-state index contributed by atoms with van der Waals surface area (Å²) < 4.78 is 0. The fourth-order valence-corrected chi connectivity index (χ4v) is 3.96. The minimum atomic E-state index is 0.0125. The summed E-state index contributed by atoms with van der Waals surface area (Å²) in [6.07, 6.45) is 2.97. The number of aromatic nitrogens is 1. The highest BCUT2D eigenvalue weighted by molar-refractivity contribution is 7.15. The molecule has 1 saturated carbocycles. The number of hydrogen-bond acceptors (Lipinski definition) is 4. The standard InChI is InChI=1S/C17H19N5OS/c1-9-14(20-17(24-9)21-16(18)19)12-4-5-13-11(8-12)6-7-22(13)15(23)10-2-3-10/h4-5,8,10H,2-3,6-7H2,1H3,(H4,18,19,20,21). The molecule has 1 aromatic carbocycles. The second-order valence-corrected chi connectivity index (χ2v) is 7.48. The molecule has 1 aromatic heterocycles. The second-order valence-electron chi connectivity index (χ2n) is 6.30. The predicted molar refractivity (Wildman–Crippen MR) is 96.5 cm³/mol. The maximum Gasteiger partial charge on any atom is 0.230 e. The van der Waals surface area contributed by atoms with Crippen molar-refractivity contribution in [1.29, 1.82) is 0 Å². The number of thiazole rings is 1. The van der Waals surface area contributed by atoms with Gasteiger partial charge in [-0.2, -0.15) is 4.99 Å². The van der Waals surface area contributed by atoms with Crippen LogP contribution in [0.25, 0.3) is 11.3 Å². The average Bonchev–Trinajstić information content (AvgIpc) is 3.21. The summed E-state index contributed by atoms with van der Waals surface area (Å²) in [7, 11) is 0. The van der Waals surface area contributed by atoms with Crippen LogP contribution in [0.5, 0.6) is 0 Å². The number of benzene rings is 1. The van der Waals surface area contributed by atoms with Crippen molar-refractivity contribution in [2.24, 2.45) is 22.4 Å². The number of nitrogens with zero attached hydrogens (tertiary/aromatic N) is 3. The molecule has 24 heavy (non-hydrogen) atoms. The Morgan fingerprint density at radius 1 is 1.38 bits per heavy atom. The van der Waals surface area contributed by atoms with Crippen LogP contribution in [-0.4, -0.2) is 23.4 Å². The molecule has 4 rings (SSSR count). The average molecular weight is 341 g/mol. The molecule has 1 aliphatic carbocycles. The Balaban J connectivity index is 1.66. The number of anilines is 1. The fourth-order valence-electron chi connectivity index (χ4n) is 3.14.